The standard InChI is InChI=1S/C20H23N3O3/c24-6-3-14-1-2-19-17(10-14)18(20(25)22-19)11-16-9-15(12-21-16)13-23-4-7-26-8-5-23/h1-2,9-12,21,24H,3-8,13H2,(H,22,25)/b18-11-. The molecule has 1 saturated heterocycles. The number of nitrogens with zero attached hydrogens (tertiary/aromatic N) is 1. The number of carbonyl (C=O) groups excluding carboxylic acids is 1. The number of benzene rings is 1. The van der Waals surface area contributed by atoms with Gasteiger partial charge in [-0.2, -0.15) is 0 Å². The number of H-pyrrole nitrogens is 1. The quantitative estimate of drug-likeness (QED) is 0.717. The van der Waals surface area contributed by atoms with E-state index in [2.05, 4.69) is 21.3 Å². The molecular weight excluding hydrogens is 330 g/mol. The molecule has 1 aromatic carbocycles. The number of aliphatic hydroxyl groups excluding tert-OH is 1. The molecule has 2 aliphatic heterocycles. The summed E-state index contributed by atoms with van der Waals surface area (Å²) < 4.78 is 5.38. The highest BCUT2D eigenvalue weighted by Crippen LogP contribution is 2.33. The van der Waals surface area contributed by atoms with Crippen LogP contribution in [0, 0.1) is 0 Å². The number of ether oxygens (including phenoxy) is 1. The summed E-state index contributed by atoms with van der Waals surface area (Å²) >= 11 is 0. The molecule has 1 amide bonds. The number of amides is 1. The Morgan fingerprint density at radius 2 is 2.04 bits per heavy atom. The topological polar surface area (TPSA) is 77.6 Å². The van der Waals surface area contributed by atoms with Gasteiger partial charge in [-0.1, -0.05) is 6.07 Å². The summed E-state index contributed by atoms with van der Waals surface area (Å²) in [5.74, 6) is -0.0922. The Labute approximate surface area is 152 Å². The smallest absolute Gasteiger partial charge is 0.256 e. The van der Waals surface area contributed by atoms with E-state index in [0.717, 1.165) is 55.4 Å². The highest BCUT2D eigenvalue weighted by Gasteiger charge is 2.24. The number of morpholine rings is 1. The molecule has 136 valence electrons. The number of hydrogen-bond donors (Lipinski definition) is 3. The molecule has 3 heterocycles. The molecule has 1 aromatic heterocycles. The molecule has 0 unspecified atom stereocenters. The molecule has 3 N–H and O–H groups in total. The van der Waals surface area contributed by atoms with Crippen LogP contribution >= 0.6 is 0 Å². The third kappa shape index (κ3) is 3.58. The van der Waals surface area contributed by atoms with E-state index in [1.165, 1.54) is 5.56 Å². The maximum atomic E-state index is 12.4. The second-order valence-corrected chi connectivity index (χ2v) is 6.72. The first-order chi connectivity index (χ1) is 12.7. The molecule has 2 aromatic rings. The van der Waals surface area contributed by atoms with Crippen LogP contribution in [0.4, 0.5) is 5.69 Å². The summed E-state index contributed by atoms with van der Waals surface area (Å²) in [5.41, 5.74) is 5.51. The van der Waals surface area contributed by atoms with Crippen molar-refractivity contribution < 1.29 is 14.6 Å². The van der Waals surface area contributed by atoms with Crippen LogP contribution < -0.4 is 5.32 Å². The van der Waals surface area contributed by atoms with Gasteiger partial charge < -0.3 is 20.1 Å². The average molecular weight is 353 g/mol. The van der Waals surface area contributed by atoms with Crippen LogP contribution in [0.2, 0.25) is 0 Å². The van der Waals surface area contributed by atoms with Crippen molar-refractivity contribution in [1.82, 2.24) is 9.88 Å². The number of hydrogen-bond acceptors (Lipinski definition) is 4. The predicted molar refractivity (Wildman–Crippen MR) is 101 cm³/mol. The van der Waals surface area contributed by atoms with Gasteiger partial charge in [-0.25, -0.2) is 0 Å². The van der Waals surface area contributed by atoms with Crippen LogP contribution in [0.5, 0.6) is 0 Å². The van der Waals surface area contributed by atoms with Gasteiger partial charge in [0, 0.05) is 49.4 Å². The van der Waals surface area contributed by atoms with Gasteiger partial charge in [0.05, 0.1) is 18.8 Å². The number of aromatic amines is 1. The Bertz CT molecular complexity index is 835. The lowest BCUT2D eigenvalue weighted by atomic mass is 10.0. The molecule has 0 saturated carbocycles. The molecule has 6 nitrogen and oxygen atoms in total. The van der Waals surface area contributed by atoms with Crippen molar-refractivity contribution in [2.24, 2.45) is 0 Å². The summed E-state index contributed by atoms with van der Waals surface area (Å²) in [7, 11) is 0. The largest absolute Gasteiger partial charge is 0.396 e. The SMILES string of the molecule is O=C1Nc2ccc(CCO)cc2/C1=C/c1cc(CN2CCOCC2)c[nH]1. The molecule has 6 heteroatoms. The Morgan fingerprint density at radius 3 is 2.85 bits per heavy atom. The van der Waals surface area contributed by atoms with E-state index < -0.39 is 0 Å². The molecule has 0 bridgehead atoms. The number of anilines is 1. The second-order valence-electron chi connectivity index (χ2n) is 6.72. The van der Waals surface area contributed by atoms with Crippen molar-refractivity contribution in [2.45, 2.75) is 13.0 Å². The molecule has 0 atom stereocenters. The monoisotopic (exact) mass is 353 g/mol. The summed E-state index contributed by atoms with van der Waals surface area (Å²) in [4.78, 5) is 18.0. The summed E-state index contributed by atoms with van der Waals surface area (Å²) in [6, 6.07) is 7.91. The lowest BCUT2D eigenvalue weighted by molar-refractivity contribution is -0.110. The Kier molecular flexibility index (Phi) is 4.88. The minimum Gasteiger partial charge on any atom is -0.396 e. The minimum absolute atomic E-state index is 0.0922. The van der Waals surface area contributed by atoms with E-state index in [1.54, 1.807) is 0 Å². The van der Waals surface area contributed by atoms with Crippen molar-refractivity contribution in [3.8, 4) is 0 Å². The normalized spacial score (nSPS) is 19.0. The van der Waals surface area contributed by atoms with Gasteiger partial charge in [0.15, 0.2) is 0 Å². The van der Waals surface area contributed by atoms with Gasteiger partial charge in [-0.15, -0.1) is 0 Å². The van der Waals surface area contributed by atoms with Gasteiger partial charge in [-0.05, 0) is 41.8 Å². The zero-order valence-corrected chi connectivity index (χ0v) is 14.6. The van der Waals surface area contributed by atoms with Crippen molar-refractivity contribution >= 4 is 23.2 Å². The summed E-state index contributed by atoms with van der Waals surface area (Å²) in [6.45, 7) is 4.45. The molecule has 2 aliphatic rings. The minimum atomic E-state index is -0.0922. The molecule has 0 spiro atoms. The number of carbonyl (C=O) groups is 1. The number of rotatable bonds is 5. The van der Waals surface area contributed by atoms with Gasteiger partial charge in [-0.3, -0.25) is 9.69 Å². The molecule has 26 heavy (non-hydrogen) atoms. The summed E-state index contributed by atoms with van der Waals surface area (Å²) in [6.07, 6.45) is 4.48. The highest BCUT2D eigenvalue weighted by atomic mass is 16.5. The lowest BCUT2D eigenvalue weighted by Crippen LogP contribution is -2.35. The Hall–Kier alpha value is -2.41. The van der Waals surface area contributed by atoms with Crippen molar-refractivity contribution in [2.75, 3.05) is 38.2 Å². The van der Waals surface area contributed by atoms with E-state index in [0.29, 0.717) is 12.0 Å². The van der Waals surface area contributed by atoms with Crippen molar-refractivity contribution in [3.63, 3.8) is 0 Å². The number of aliphatic hydroxyl groups is 1. The van der Waals surface area contributed by atoms with Gasteiger partial charge in [0.1, 0.15) is 0 Å². The third-order valence-corrected chi connectivity index (χ3v) is 4.84. The van der Waals surface area contributed by atoms with Crippen molar-refractivity contribution in [1.29, 1.82) is 0 Å². The van der Waals surface area contributed by atoms with Crippen LogP contribution in [0.1, 0.15) is 22.4 Å². The Balaban J connectivity index is 1.55. The maximum Gasteiger partial charge on any atom is 0.256 e. The fourth-order valence-electron chi connectivity index (χ4n) is 3.47. The van der Waals surface area contributed by atoms with Gasteiger partial charge in [0.25, 0.3) is 5.91 Å². The summed E-state index contributed by atoms with van der Waals surface area (Å²) in [5, 5.41) is 12.0. The number of fused-ring (bicyclic) bond motifs is 1. The van der Waals surface area contributed by atoms with Gasteiger partial charge >= 0.3 is 0 Å². The first-order valence-corrected chi connectivity index (χ1v) is 8.97. The predicted octanol–water partition coefficient (Wildman–Crippen LogP) is 1.87. The van der Waals surface area contributed by atoms with Crippen LogP contribution in [-0.2, 0) is 22.5 Å². The van der Waals surface area contributed by atoms with E-state index in [9.17, 15) is 4.79 Å². The van der Waals surface area contributed by atoms with E-state index >= 15 is 0 Å². The lowest BCUT2D eigenvalue weighted by Gasteiger charge is -2.25. The Morgan fingerprint density at radius 1 is 1.19 bits per heavy atom. The fraction of sp³-hybridized carbons (Fsp3) is 0.350. The maximum absolute atomic E-state index is 12.4. The number of aromatic nitrogens is 1. The van der Waals surface area contributed by atoms with Crippen LogP contribution in [0.3, 0.4) is 0 Å². The van der Waals surface area contributed by atoms with E-state index in [4.69, 9.17) is 9.84 Å². The first-order valence-electron chi connectivity index (χ1n) is 8.97. The van der Waals surface area contributed by atoms with Crippen LogP contribution in [0.15, 0.2) is 30.5 Å². The second kappa shape index (κ2) is 7.45. The molecule has 0 aliphatic carbocycles. The molecular formula is C20H23N3O3. The van der Waals surface area contributed by atoms with E-state index in [-0.39, 0.29) is 12.5 Å². The third-order valence-electron chi connectivity index (χ3n) is 4.84. The van der Waals surface area contributed by atoms with Crippen LogP contribution in [0.25, 0.3) is 11.6 Å². The van der Waals surface area contributed by atoms with Gasteiger partial charge in [0.2, 0.25) is 0 Å². The zero-order valence-electron chi connectivity index (χ0n) is 14.6. The average Bonchev–Trinajstić information content (AvgIpc) is 3.21. The number of nitrogens with one attached hydrogen (secondary N) is 2. The zero-order chi connectivity index (χ0) is 17.9. The molecule has 1 fully saturated rings. The van der Waals surface area contributed by atoms with Crippen molar-refractivity contribution in [3.05, 3.63) is 52.8 Å². The van der Waals surface area contributed by atoms with Crippen LogP contribution in [-0.4, -0.2) is 53.8 Å². The molecule has 0 radical (unpaired) electrons. The fourth-order valence-corrected chi connectivity index (χ4v) is 3.47. The molecule has 4 rings (SSSR count). The highest BCUT2D eigenvalue weighted by molar-refractivity contribution is 6.34. The van der Waals surface area contributed by atoms with E-state index in [1.807, 2.05) is 30.5 Å². The first kappa shape index (κ1) is 17.0.